The van der Waals surface area contributed by atoms with Crippen molar-refractivity contribution >= 4 is 35.4 Å². The summed E-state index contributed by atoms with van der Waals surface area (Å²) in [7, 11) is 0. The number of amides is 2. The van der Waals surface area contributed by atoms with Crippen LogP contribution >= 0.6 is 0 Å². The Kier molecular flexibility index (Phi) is 7.82. The van der Waals surface area contributed by atoms with Gasteiger partial charge in [0.1, 0.15) is 11.2 Å². The molecule has 0 spiro atoms. The average Bonchev–Trinajstić information content (AvgIpc) is 3.15. The Hall–Kier alpha value is -3.45. The van der Waals surface area contributed by atoms with Crippen molar-refractivity contribution in [1.82, 2.24) is 4.98 Å². The molecule has 0 radical (unpaired) electrons. The molecule has 0 bridgehead atoms. The highest BCUT2D eigenvalue weighted by Crippen LogP contribution is 2.34. The van der Waals surface area contributed by atoms with Gasteiger partial charge in [-0.3, -0.25) is 0 Å². The Morgan fingerprint density at radius 3 is 2.12 bits per heavy atom. The SMILES string of the molecule is [C-]#[N+]c1nc(N(C(=O)OC(C)(C)C)C(=O)OC(C)(C)C)ccc1C1=C(C(=O)OCC)COC1. The third kappa shape index (κ3) is 6.76. The summed E-state index contributed by atoms with van der Waals surface area (Å²) in [5, 5.41) is 0. The van der Waals surface area contributed by atoms with Crippen molar-refractivity contribution in [3.8, 4) is 0 Å². The van der Waals surface area contributed by atoms with Crippen LogP contribution in [0.25, 0.3) is 10.4 Å². The van der Waals surface area contributed by atoms with Crippen LogP contribution in [0.2, 0.25) is 0 Å². The van der Waals surface area contributed by atoms with Gasteiger partial charge in [0, 0.05) is 11.6 Å². The Labute approximate surface area is 193 Å². The number of anilines is 1. The molecule has 2 rings (SSSR count). The molecule has 10 nitrogen and oxygen atoms in total. The minimum atomic E-state index is -0.997. The van der Waals surface area contributed by atoms with Crippen LogP contribution in [-0.2, 0) is 23.7 Å². The Balaban J connectivity index is 2.54. The molecule has 10 heteroatoms. The molecular formula is C23H29N3O7. The average molecular weight is 459 g/mol. The maximum absolute atomic E-state index is 12.8. The summed E-state index contributed by atoms with van der Waals surface area (Å²) >= 11 is 0. The molecule has 178 valence electrons. The van der Waals surface area contributed by atoms with Crippen molar-refractivity contribution in [2.75, 3.05) is 24.7 Å². The van der Waals surface area contributed by atoms with E-state index in [2.05, 4.69) is 9.83 Å². The zero-order chi connectivity index (χ0) is 25.0. The fourth-order valence-electron chi connectivity index (χ4n) is 2.83. The normalized spacial score (nSPS) is 13.9. The number of hydrogen-bond donors (Lipinski definition) is 0. The zero-order valence-electron chi connectivity index (χ0n) is 20.0. The quantitative estimate of drug-likeness (QED) is 0.363. The van der Waals surface area contributed by atoms with Crippen molar-refractivity contribution < 1.29 is 33.3 Å². The lowest BCUT2D eigenvalue weighted by Gasteiger charge is -2.27. The standard InChI is InChI=1S/C23H29N3O7/c1-9-31-19(27)16-13-30-12-15(16)14-10-11-17(25-18(14)24-8)26(20(28)32-22(2,3)4)21(29)33-23(5,6)7/h10-11H,9,12-13H2,1-7H3. The van der Waals surface area contributed by atoms with Crippen LogP contribution in [0.15, 0.2) is 17.7 Å². The Bertz CT molecular complexity index is 982. The number of hydrogen-bond acceptors (Lipinski definition) is 8. The van der Waals surface area contributed by atoms with Gasteiger partial charge in [0.15, 0.2) is 0 Å². The summed E-state index contributed by atoms with van der Waals surface area (Å²) in [5.41, 5.74) is -0.657. The van der Waals surface area contributed by atoms with Crippen molar-refractivity contribution in [3.05, 3.63) is 34.7 Å². The third-order valence-corrected chi connectivity index (χ3v) is 4.05. The van der Waals surface area contributed by atoms with E-state index in [4.69, 9.17) is 25.5 Å². The molecule has 0 aromatic carbocycles. The smallest absolute Gasteiger partial charge is 0.427 e. The molecule has 0 N–H and O–H groups in total. The molecule has 1 aliphatic heterocycles. The molecule has 0 saturated carbocycles. The number of ether oxygens (including phenoxy) is 4. The highest BCUT2D eigenvalue weighted by Gasteiger charge is 2.36. The van der Waals surface area contributed by atoms with Crippen molar-refractivity contribution in [2.45, 2.75) is 59.7 Å². The second-order valence-electron chi connectivity index (χ2n) is 9.12. The van der Waals surface area contributed by atoms with E-state index in [0.717, 1.165) is 0 Å². The summed E-state index contributed by atoms with van der Waals surface area (Å²) in [5.74, 6) is -0.800. The Morgan fingerprint density at radius 2 is 1.64 bits per heavy atom. The maximum atomic E-state index is 12.8. The van der Waals surface area contributed by atoms with E-state index in [-0.39, 0.29) is 31.5 Å². The van der Waals surface area contributed by atoms with Gasteiger partial charge in [0.05, 0.1) is 25.4 Å². The van der Waals surface area contributed by atoms with Crippen molar-refractivity contribution in [1.29, 1.82) is 0 Å². The molecular weight excluding hydrogens is 430 g/mol. The second-order valence-corrected chi connectivity index (χ2v) is 9.12. The van der Waals surface area contributed by atoms with Crippen LogP contribution in [-0.4, -0.2) is 54.2 Å². The van der Waals surface area contributed by atoms with Gasteiger partial charge in [-0.25, -0.2) is 14.4 Å². The van der Waals surface area contributed by atoms with E-state index in [1.165, 1.54) is 12.1 Å². The van der Waals surface area contributed by atoms with Crippen molar-refractivity contribution in [2.24, 2.45) is 0 Å². The molecule has 0 aliphatic carbocycles. The number of rotatable bonds is 4. The largest absolute Gasteiger partial charge is 0.463 e. The highest BCUT2D eigenvalue weighted by atomic mass is 16.6. The lowest BCUT2D eigenvalue weighted by atomic mass is 10.0. The van der Waals surface area contributed by atoms with Gasteiger partial charge in [-0.1, -0.05) is 12.6 Å². The molecule has 2 heterocycles. The van der Waals surface area contributed by atoms with Crippen LogP contribution in [0.5, 0.6) is 0 Å². The fraction of sp³-hybridized carbons (Fsp3) is 0.522. The number of aromatic nitrogens is 1. The Morgan fingerprint density at radius 1 is 1.06 bits per heavy atom. The molecule has 1 aliphatic rings. The number of esters is 1. The topological polar surface area (TPSA) is 109 Å². The zero-order valence-corrected chi connectivity index (χ0v) is 20.0. The first-order valence-corrected chi connectivity index (χ1v) is 10.4. The molecule has 0 unspecified atom stereocenters. The van der Waals surface area contributed by atoms with E-state index >= 15 is 0 Å². The molecule has 2 amide bonds. The first-order chi connectivity index (χ1) is 15.3. The number of carbonyl (C=O) groups excluding carboxylic acids is 3. The number of imide groups is 1. The monoisotopic (exact) mass is 459 g/mol. The van der Waals surface area contributed by atoms with E-state index < -0.39 is 29.4 Å². The minimum absolute atomic E-state index is 0.0509. The summed E-state index contributed by atoms with van der Waals surface area (Å²) in [4.78, 5) is 46.2. The summed E-state index contributed by atoms with van der Waals surface area (Å²) < 4.78 is 21.1. The van der Waals surface area contributed by atoms with Gasteiger partial charge in [-0.05, 0) is 54.0 Å². The highest BCUT2D eigenvalue weighted by molar-refractivity contribution is 6.09. The molecule has 1 aromatic rings. The van der Waals surface area contributed by atoms with Gasteiger partial charge in [-0.15, -0.1) is 9.88 Å². The van der Waals surface area contributed by atoms with Crippen LogP contribution in [0.3, 0.4) is 0 Å². The maximum Gasteiger partial charge on any atom is 0.427 e. The lowest BCUT2D eigenvalue weighted by Crippen LogP contribution is -2.44. The molecule has 0 saturated heterocycles. The van der Waals surface area contributed by atoms with E-state index in [9.17, 15) is 14.4 Å². The minimum Gasteiger partial charge on any atom is -0.463 e. The predicted molar refractivity (Wildman–Crippen MR) is 120 cm³/mol. The van der Waals surface area contributed by atoms with E-state index in [1.54, 1.807) is 48.5 Å². The second kappa shape index (κ2) is 10.0. The van der Waals surface area contributed by atoms with Crippen LogP contribution in [0.1, 0.15) is 54.0 Å². The van der Waals surface area contributed by atoms with Crippen LogP contribution < -0.4 is 4.90 Å². The lowest BCUT2D eigenvalue weighted by molar-refractivity contribution is -0.138. The summed E-state index contributed by atoms with van der Waals surface area (Å²) in [6.07, 6.45) is -1.99. The first kappa shape index (κ1) is 25.8. The number of pyridine rings is 1. The molecule has 1 aromatic heterocycles. The summed E-state index contributed by atoms with van der Waals surface area (Å²) in [6, 6.07) is 2.88. The van der Waals surface area contributed by atoms with Gasteiger partial charge in [0.2, 0.25) is 5.82 Å². The third-order valence-electron chi connectivity index (χ3n) is 4.05. The van der Waals surface area contributed by atoms with Gasteiger partial charge in [0.25, 0.3) is 5.82 Å². The van der Waals surface area contributed by atoms with Gasteiger partial charge in [-0.2, -0.15) is 0 Å². The van der Waals surface area contributed by atoms with Crippen LogP contribution in [0.4, 0.5) is 21.2 Å². The molecule has 33 heavy (non-hydrogen) atoms. The van der Waals surface area contributed by atoms with Crippen LogP contribution in [0, 0.1) is 6.57 Å². The van der Waals surface area contributed by atoms with Gasteiger partial charge < -0.3 is 23.8 Å². The summed E-state index contributed by atoms with van der Waals surface area (Å²) in [6.45, 7) is 19.5. The van der Waals surface area contributed by atoms with Crippen molar-refractivity contribution in [3.63, 3.8) is 0 Å². The predicted octanol–water partition coefficient (Wildman–Crippen LogP) is 4.66. The fourth-order valence-corrected chi connectivity index (χ4v) is 2.83. The number of carbonyl (C=O) groups is 3. The van der Waals surface area contributed by atoms with E-state index in [1.807, 2.05) is 0 Å². The first-order valence-electron chi connectivity index (χ1n) is 10.4. The van der Waals surface area contributed by atoms with Gasteiger partial charge >= 0.3 is 18.2 Å². The van der Waals surface area contributed by atoms with E-state index in [0.29, 0.717) is 21.6 Å². The number of nitrogens with zero attached hydrogens (tertiary/aromatic N) is 3. The molecule has 0 atom stereocenters. The molecule has 0 fully saturated rings.